The SMILES string of the molecule is COc1ccc(CCNC(=O)c2cc(Sc3ccc(F)cc3)nc3ccccc23)cc1OC. The molecule has 0 saturated heterocycles. The van der Waals surface area contributed by atoms with E-state index in [1.54, 1.807) is 32.4 Å². The molecule has 0 aliphatic carbocycles. The minimum absolute atomic E-state index is 0.171. The zero-order valence-corrected chi connectivity index (χ0v) is 19.1. The number of nitrogens with one attached hydrogen (secondary N) is 1. The maximum Gasteiger partial charge on any atom is 0.252 e. The van der Waals surface area contributed by atoms with Crippen LogP contribution in [0, 0.1) is 5.82 Å². The predicted molar refractivity (Wildman–Crippen MR) is 128 cm³/mol. The van der Waals surface area contributed by atoms with Gasteiger partial charge in [-0.15, -0.1) is 0 Å². The summed E-state index contributed by atoms with van der Waals surface area (Å²) in [6, 6.07) is 21.2. The Balaban J connectivity index is 1.51. The number of fused-ring (bicyclic) bond motifs is 1. The number of aromatic nitrogens is 1. The first-order valence-electron chi connectivity index (χ1n) is 10.4. The minimum Gasteiger partial charge on any atom is -0.493 e. The number of ether oxygens (including phenoxy) is 2. The lowest BCUT2D eigenvalue weighted by Crippen LogP contribution is -2.26. The number of nitrogens with zero attached hydrogens (tertiary/aromatic N) is 1. The Morgan fingerprint density at radius 1 is 0.970 bits per heavy atom. The third kappa shape index (κ3) is 5.43. The molecule has 0 fully saturated rings. The largest absolute Gasteiger partial charge is 0.493 e. The van der Waals surface area contributed by atoms with Crippen molar-refractivity contribution in [1.82, 2.24) is 10.3 Å². The van der Waals surface area contributed by atoms with Crippen LogP contribution in [-0.2, 0) is 6.42 Å². The number of hydrogen-bond donors (Lipinski definition) is 1. The summed E-state index contributed by atoms with van der Waals surface area (Å²) in [5.74, 6) is 0.860. The molecule has 1 aromatic heterocycles. The number of methoxy groups -OCH3 is 2. The molecule has 0 radical (unpaired) electrons. The standard InChI is InChI=1S/C26H23FN2O3S/c1-31-23-12-7-17(15-24(23)32-2)13-14-28-26(30)21-16-25(29-22-6-4-3-5-20(21)22)33-19-10-8-18(27)9-11-19/h3-12,15-16H,13-14H2,1-2H3,(H,28,30). The van der Waals surface area contributed by atoms with Crippen molar-refractivity contribution in [3.8, 4) is 11.5 Å². The fourth-order valence-corrected chi connectivity index (χ4v) is 4.30. The van der Waals surface area contributed by atoms with E-state index in [1.807, 2.05) is 42.5 Å². The first kappa shape index (κ1) is 22.6. The van der Waals surface area contributed by atoms with Crippen molar-refractivity contribution in [1.29, 1.82) is 0 Å². The molecule has 7 heteroatoms. The fraction of sp³-hybridized carbons (Fsp3) is 0.154. The summed E-state index contributed by atoms with van der Waals surface area (Å²) >= 11 is 1.39. The van der Waals surface area contributed by atoms with Gasteiger partial charge in [0.25, 0.3) is 5.91 Å². The molecule has 5 nitrogen and oxygen atoms in total. The van der Waals surface area contributed by atoms with Gasteiger partial charge >= 0.3 is 0 Å². The maximum absolute atomic E-state index is 13.2. The van der Waals surface area contributed by atoms with Crippen molar-refractivity contribution < 1.29 is 18.7 Å². The molecule has 0 unspecified atom stereocenters. The number of carbonyl (C=O) groups excluding carboxylic acids is 1. The average molecular weight is 463 g/mol. The van der Waals surface area contributed by atoms with Crippen molar-refractivity contribution in [3.05, 3.63) is 89.7 Å². The molecule has 0 atom stereocenters. The zero-order chi connectivity index (χ0) is 23.2. The van der Waals surface area contributed by atoms with Gasteiger partial charge in [-0.05, 0) is 60.5 Å². The van der Waals surface area contributed by atoms with E-state index in [1.165, 1.54) is 23.9 Å². The average Bonchev–Trinajstić information content (AvgIpc) is 2.84. The quantitative estimate of drug-likeness (QED) is 0.374. The van der Waals surface area contributed by atoms with Crippen molar-refractivity contribution >= 4 is 28.6 Å². The Morgan fingerprint density at radius 3 is 2.48 bits per heavy atom. The van der Waals surface area contributed by atoms with Gasteiger partial charge in [-0.2, -0.15) is 0 Å². The summed E-state index contributed by atoms with van der Waals surface area (Å²) in [7, 11) is 3.19. The number of para-hydroxylation sites is 1. The molecule has 0 spiro atoms. The lowest BCUT2D eigenvalue weighted by Gasteiger charge is -2.12. The number of pyridine rings is 1. The van der Waals surface area contributed by atoms with E-state index < -0.39 is 0 Å². The molecule has 4 aromatic rings. The van der Waals surface area contributed by atoms with Crippen LogP contribution in [0.5, 0.6) is 11.5 Å². The van der Waals surface area contributed by atoms with Crippen LogP contribution in [0.3, 0.4) is 0 Å². The van der Waals surface area contributed by atoms with Crippen LogP contribution in [0.2, 0.25) is 0 Å². The van der Waals surface area contributed by atoms with Gasteiger partial charge in [-0.25, -0.2) is 9.37 Å². The maximum atomic E-state index is 13.2. The van der Waals surface area contributed by atoms with E-state index in [-0.39, 0.29) is 11.7 Å². The summed E-state index contributed by atoms with van der Waals surface area (Å²) in [6.45, 7) is 0.464. The van der Waals surface area contributed by atoms with E-state index in [4.69, 9.17) is 9.47 Å². The molecule has 0 aliphatic heterocycles. The molecular formula is C26H23FN2O3S. The molecule has 3 aromatic carbocycles. The molecule has 1 N–H and O–H groups in total. The van der Waals surface area contributed by atoms with Gasteiger partial charge in [0.1, 0.15) is 10.8 Å². The van der Waals surface area contributed by atoms with Gasteiger partial charge < -0.3 is 14.8 Å². The van der Waals surface area contributed by atoms with Gasteiger partial charge in [0.2, 0.25) is 0 Å². The molecule has 0 saturated carbocycles. The number of benzene rings is 3. The highest BCUT2D eigenvalue weighted by molar-refractivity contribution is 7.99. The highest BCUT2D eigenvalue weighted by Gasteiger charge is 2.14. The van der Waals surface area contributed by atoms with E-state index in [9.17, 15) is 9.18 Å². The molecular weight excluding hydrogens is 439 g/mol. The molecule has 168 valence electrons. The van der Waals surface area contributed by atoms with Gasteiger partial charge in [-0.1, -0.05) is 36.0 Å². The number of rotatable bonds is 8. The van der Waals surface area contributed by atoms with Gasteiger partial charge in [-0.3, -0.25) is 4.79 Å². The van der Waals surface area contributed by atoms with Crippen molar-refractivity contribution in [2.75, 3.05) is 20.8 Å². The molecule has 1 heterocycles. The van der Waals surface area contributed by atoms with E-state index in [0.717, 1.165) is 21.4 Å². The Bertz CT molecular complexity index is 1280. The van der Waals surface area contributed by atoms with E-state index >= 15 is 0 Å². The van der Waals surface area contributed by atoms with Gasteiger partial charge in [0, 0.05) is 16.8 Å². The summed E-state index contributed by atoms with van der Waals surface area (Å²) < 4.78 is 23.9. The third-order valence-corrected chi connectivity index (χ3v) is 6.05. The van der Waals surface area contributed by atoms with Crippen LogP contribution >= 0.6 is 11.8 Å². The molecule has 0 bridgehead atoms. The highest BCUT2D eigenvalue weighted by Crippen LogP contribution is 2.30. The van der Waals surface area contributed by atoms with Crippen LogP contribution in [0.25, 0.3) is 10.9 Å². The first-order valence-corrected chi connectivity index (χ1v) is 11.2. The van der Waals surface area contributed by atoms with Gasteiger partial charge in [0.05, 0.1) is 25.3 Å². The Labute approximate surface area is 195 Å². The Hall–Kier alpha value is -3.58. The molecule has 0 aliphatic rings. The normalized spacial score (nSPS) is 10.8. The lowest BCUT2D eigenvalue weighted by atomic mass is 10.1. The van der Waals surface area contributed by atoms with Crippen molar-refractivity contribution in [3.63, 3.8) is 0 Å². The second-order valence-corrected chi connectivity index (χ2v) is 8.37. The van der Waals surface area contributed by atoms with Crippen LogP contribution < -0.4 is 14.8 Å². The summed E-state index contributed by atoms with van der Waals surface area (Å²) in [5, 5.41) is 4.46. The second kappa shape index (κ2) is 10.4. The van der Waals surface area contributed by atoms with Crippen LogP contribution in [0.4, 0.5) is 4.39 Å². The number of halogens is 1. The summed E-state index contributed by atoms with van der Waals surface area (Å²) in [4.78, 5) is 18.6. The van der Waals surface area contributed by atoms with Crippen LogP contribution in [0.1, 0.15) is 15.9 Å². The number of amides is 1. The lowest BCUT2D eigenvalue weighted by molar-refractivity contribution is 0.0955. The Morgan fingerprint density at radius 2 is 1.73 bits per heavy atom. The fourth-order valence-electron chi connectivity index (χ4n) is 3.47. The van der Waals surface area contributed by atoms with E-state index in [2.05, 4.69) is 10.3 Å². The smallest absolute Gasteiger partial charge is 0.252 e. The molecule has 4 rings (SSSR count). The minimum atomic E-state index is -0.291. The highest BCUT2D eigenvalue weighted by atomic mass is 32.2. The third-order valence-electron chi connectivity index (χ3n) is 5.12. The number of hydrogen-bond acceptors (Lipinski definition) is 5. The van der Waals surface area contributed by atoms with E-state index in [0.29, 0.717) is 35.1 Å². The molecule has 33 heavy (non-hydrogen) atoms. The van der Waals surface area contributed by atoms with Crippen molar-refractivity contribution in [2.24, 2.45) is 0 Å². The topological polar surface area (TPSA) is 60.5 Å². The number of carbonyl (C=O) groups is 1. The second-order valence-electron chi connectivity index (χ2n) is 7.28. The van der Waals surface area contributed by atoms with Gasteiger partial charge in [0.15, 0.2) is 11.5 Å². The molecule has 1 amide bonds. The first-order chi connectivity index (χ1) is 16.1. The van der Waals surface area contributed by atoms with Crippen LogP contribution in [0.15, 0.2) is 82.7 Å². The summed E-state index contributed by atoms with van der Waals surface area (Å²) in [6.07, 6.45) is 0.645. The van der Waals surface area contributed by atoms with Crippen molar-refractivity contribution in [2.45, 2.75) is 16.3 Å². The Kier molecular flexibility index (Phi) is 7.10. The van der Waals surface area contributed by atoms with Crippen LogP contribution in [-0.4, -0.2) is 31.7 Å². The monoisotopic (exact) mass is 462 g/mol. The zero-order valence-electron chi connectivity index (χ0n) is 18.3. The summed E-state index contributed by atoms with van der Waals surface area (Å²) in [5.41, 5.74) is 2.31. The predicted octanol–water partition coefficient (Wildman–Crippen LogP) is 5.51.